The molecule has 0 spiro atoms. The second-order valence-electron chi connectivity index (χ2n) is 6.92. The van der Waals surface area contributed by atoms with Crippen molar-refractivity contribution in [1.29, 1.82) is 0 Å². The average Bonchev–Trinajstić information content (AvgIpc) is 2.74. The molecule has 0 aliphatic carbocycles. The summed E-state index contributed by atoms with van der Waals surface area (Å²) in [6.45, 7) is 2.78. The Morgan fingerprint density at radius 3 is 2.63 bits per heavy atom. The summed E-state index contributed by atoms with van der Waals surface area (Å²) in [4.78, 5) is 18.8. The summed E-state index contributed by atoms with van der Waals surface area (Å²) in [5.74, 6) is 0. The van der Waals surface area contributed by atoms with Gasteiger partial charge in [0.25, 0.3) is 0 Å². The molecule has 0 unspecified atom stereocenters. The number of amides is 2. The predicted octanol–water partition coefficient (Wildman–Crippen LogP) is 4.55. The van der Waals surface area contributed by atoms with E-state index in [-0.39, 0.29) is 6.03 Å². The first-order valence-electron chi connectivity index (χ1n) is 9.51. The van der Waals surface area contributed by atoms with Crippen molar-refractivity contribution in [2.75, 3.05) is 23.3 Å². The van der Waals surface area contributed by atoms with Crippen LogP contribution >= 0.6 is 0 Å². The Kier molecular flexibility index (Phi) is 5.19. The van der Waals surface area contributed by atoms with Gasteiger partial charge in [0.15, 0.2) is 0 Å². The third-order valence-corrected chi connectivity index (χ3v) is 5.04. The second-order valence-corrected chi connectivity index (χ2v) is 6.92. The number of nitrogens with one attached hydrogen (secondary N) is 2. The van der Waals surface area contributed by atoms with Crippen molar-refractivity contribution in [3.63, 3.8) is 0 Å². The Labute approximate surface area is 159 Å². The maximum absolute atomic E-state index is 12.3. The van der Waals surface area contributed by atoms with Crippen LogP contribution in [0, 0.1) is 0 Å². The molecule has 2 heterocycles. The molecule has 1 aliphatic rings. The molecule has 0 saturated carbocycles. The highest BCUT2D eigenvalue weighted by atomic mass is 16.2. The molecule has 5 nitrogen and oxygen atoms in total. The van der Waals surface area contributed by atoms with E-state index in [1.54, 1.807) is 12.4 Å². The Morgan fingerprint density at radius 2 is 1.81 bits per heavy atom. The molecule has 5 heteroatoms. The van der Waals surface area contributed by atoms with E-state index in [1.165, 1.54) is 24.9 Å². The van der Waals surface area contributed by atoms with Gasteiger partial charge in [-0.25, -0.2) is 4.79 Å². The van der Waals surface area contributed by atoms with E-state index in [9.17, 15) is 4.79 Å². The summed E-state index contributed by atoms with van der Waals surface area (Å²) < 4.78 is 0. The fourth-order valence-corrected chi connectivity index (χ4v) is 3.56. The molecular formula is C22H24N4O. The molecule has 2 amide bonds. The van der Waals surface area contributed by atoms with E-state index in [0.29, 0.717) is 6.54 Å². The average molecular weight is 360 g/mol. The van der Waals surface area contributed by atoms with Crippen LogP contribution in [0.4, 0.5) is 16.2 Å². The molecule has 1 saturated heterocycles. The zero-order valence-corrected chi connectivity index (χ0v) is 15.3. The van der Waals surface area contributed by atoms with Crippen LogP contribution in [0.25, 0.3) is 10.8 Å². The second kappa shape index (κ2) is 8.08. The molecule has 2 aromatic carbocycles. The fraction of sp³-hybridized carbons (Fsp3) is 0.273. The number of urea groups is 1. The van der Waals surface area contributed by atoms with Crippen molar-refractivity contribution < 1.29 is 4.79 Å². The van der Waals surface area contributed by atoms with Gasteiger partial charge >= 0.3 is 6.03 Å². The van der Waals surface area contributed by atoms with E-state index in [1.807, 2.05) is 24.3 Å². The van der Waals surface area contributed by atoms with Gasteiger partial charge < -0.3 is 15.5 Å². The highest BCUT2D eigenvalue weighted by molar-refractivity contribution is 6.01. The number of pyridine rings is 1. The number of hydrogen-bond acceptors (Lipinski definition) is 3. The minimum Gasteiger partial charge on any atom is -0.372 e. The van der Waals surface area contributed by atoms with E-state index in [2.05, 4.69) is 44.8 Å². The van der Waals surface area contributed by atoms with Crippen LogP contribution in [0.3, 0.4) is 0 Å². The highest BCUT2D eigenvalue weighted by Gasteiger charge is 2.11. The Morgan fingerprint density at radius 1 is 1.00 bits per heavy atom. The number of rotatable bonds is 4. The molecule has 27 heavy (non-hydrogen) atoms. The fourth-order valence-electron chi connectivity index (χ4n) is 3.56. The molecule has 138 valence electrons. The monoisotopic (exact) mass is 360 g/mol. The molecule has 2 N–H and O–H groups in total. The van der Waals surface area contributed by atoms with Gasteiger partial charge in [0.1, 0.15) is 0 Å². The predicted molar refractivity (Wildman–Crippen MR) is 110 cm³/mol. The summed E-state index contributed by atoms with van der Waals surface area (Å²) in [5, 5.41) is 7.85. The van der Waals surface area contributed by atoms with Crippen LogP contribution in [-0.2, 0) is 6.54 Å². The first kappa shape index (κ1) is 17.3. The zero-order valence-electron chi connectivity index (χ0n) is 15.3. The van der Waals surface area contributed by atoms with Crippen molar-refractivity contribution in [2.24, 2.45) is 0 Å². The number of carbonyl (C=O) groups excluding carboxylic acids is 1. The first-order valence-corrected chi connectivity index (χ1v) is 9.51. The van der Waals surface area contributed by atoms with Gasteiger partial charge in [-0.15, -0.1) is 0 Å². The van der Waals surface area contributed by atoms with E-state index >= 15 is 0 Å². The molecule has 4 rings (SSSR count). The lowest BCUT2D eigenvalue weighted by molar-refractivity contribution is 0.252. The SMILES string of the molecule is O=C(NCc1ccc(N2CCCCC2)cc1)Nc1cccc2cnccc12. The number of anilines is 2. The number of aromatic nitrogens is 1. The summed E-state index contributed by atoms with van der Waals surface area (Å²) in [7, 11) is 0. The normalized spacial score (nSPS) is 14.1. The van der Waals surface area contributed by atoms with Crippen molar-refractivity contribution in [3.8, 4) is 0 Å². The summed E-state index contributed by atoms with van der Waals surface area (Å²) in [6.07, 6.45) is 7.40. The molecule has 0 radical (unpaired) electrons. The van der Waals surface area contributed by atoms with Crippen LogP contribution in [0.15, 0.2) is 60.9 Å². The van der Waals surface area contributed by atoms with Crippen molar-refractivity contribution in [3.05, 3.63) is 66.5 Å². The number of fused-ring (bicyclic) bond motifs is 1. The van der Waals surface area contributed by atoms with Crippen molar-refractivity contribution in [1.82, 2.24) is 10.3 Å². The zero-order chi connectivity index (χ0) is 18.5. The van der Waals surface area contributed by atoms with Gasteiger partial charge in [0.05, 0.1) is 5.69 Å². The molecule has 3 aromatic rings. The molecule has 1 aromatic heterocycles. The van der Waals surface area contributed by atoms with Crippen molar-refractivity contribution >= 4 is 28.2 Å². The standard InChI is InChI=1S/C22H24N4O/c27-22(25-21-6-4-5-18-16-23-12-11-20(18)21)24-15-17-7-9-19(10-8-17)26-13-2-1-3-14-26/h4-12,16H,1-3,13-15H2,(H2,24,25,27). The van der Waals surface area contributed by atoms with Crippen LogP contribution in [0.5, 0.6) is 0 Å². The Bertz CT molecular complexity index is 912. The van der Waals surface area contributed by atoms with Crippen LogP contribution < -0.4 is 15.5 Å². The van der Waals surface area contributed by atoms with Gasteiger partial charge in [-0.1, -0.05) is 24.3 Å². The Hall–Kier alpha value is -3.08. The summed E-state index contributed by atoms with van der Waals surface area (Å²) in [5.41, 5.74) is 3.15. The first-order chi connectivity index (χ1) is 13.3. The quantitative estimate of drug-likeness (QED) is 0.718. The summed E-state index contributed by atoms with van der Waals surface area (Å²) in [6, 6.07) is 16.0. The van der Waals surface area contributed by atoms with E-state index < -0.39 is 0 Å². The lowest BCUT2D eigenvalue weighted by Crippen LogP contribution is -2.29. The minimum atomic E-state index is -0.209. The van der Waals surface area contributed by atoms with Gasteiger partial charge in [-0.05, 0) is 49.1 Å². The van der Waals surface area contributed by atoms with Crippen LogP contribution in [0.2, 0.25) is 0 Å². The van der Waals surface area contributed by atoms with Gasteiger partial charge in [-0.2, -0.15) is 0 Å². The topological polar surface area (TPSA) is 57.3 Å². The smallest absolute Gasteiger partial charge is 0.319 e. The van der Waals surface area contributed by atoms with Crippen LogP contribution in [-0.4, -0.2) is 24.1 Å². The number of benzene rings is 2. The van der Waals surface area contributed by atoms with Gasteiger partial charge in [0.2, 0.25) is 0 Å². The van der Waals surface area contributed by atoms with Gasteiger partial charge in [0, 0.05) is 48.5 Å². The minimum absolute atomic E-state index is 0.209. The maximum atomic E-state index is 12.3. The number of hydrogen-bond donors (Lipinski definition) is 2. The lowest BCUT2D eigenvalue weighted by Gasteiger charge is -2.28. The molecular weight excluding hydrogens is 336 g/mol. The molecule has 1 aliphatic heterocycles. The lowest BCUT2D eigenvalue weighted by atomic mass is 10.1. The molecule has 0 bridgehead atoms. The Balaban J connectivity index is 1.35. The maximum Gasteiger partial charge on any atom is 0.319 e. The largest absolute Gasteiger partial charge is 0.372 e. The number of piperidine rings is 1. The number of nitrogens with zero attached hydrogens (tertiary/aromatic N) is 2. The van der Waals surface area contributed by atoms with E-state index in [0.717, 1.165) is 35.1 Å². The molecule has 1 fully saturated rings. The third-order valence-electron chi connectivity index (χ3n) is 5.04. The number of carbonyl (C=O) groups is 1. The summed E-state index contributed by atoms with van der Waals surface area (Å²) >= 11 is 0. The highest BCUT2D eigenvalue weighted by Crippen LogP contribution is 2.22. The van der Waals surface area contributed by atoms with Crippen LogP contribution in [0.1, 0.15) is 24.8 Å². The van der Waals surface area contributed by atoms with E-state index in [4.69, 9.17) is 0 Å². The van der Waals surface area contributed by atoms with Crippen molar-refractivity contribution in [2.45, 2.75) is 25.8 Å². The molecule has 0 atom stereocenters. The third kappa shape index (κ3) is 4.19. The van der Waals surface area contributed by atoms with Gasteiger partial charge in [-0.3, -0.25) is 4.98 Å².